The predicted molar refractivity (Wildman–Crippen MR) is 81.1 cm³/mol. The van der Waals surface area contributed by atoms with Crippen LogP contribution in [0.1, 0.15) is 16.1 Å². The van der Waals surface area contributed by atoms with E-state index in [1.807, 2.05) is 23.5 Å². The highest BCUT2D eigenvalue weighted by Gasteiger charge is 2.15. The molecule has 1 aromatic carbocycles. The molecule has 0 aliphatic carbocycles. The smallest absolute Gasteiger partial charge is 0.277 e. The van der Waals surface area contributed by atoms with Crippen LogP contribution in [-0.2, 0) is 6.54 Å². The second kappa shape index (κ2) is 7.99. The minimum absolute atomic E-state index is 0.000495. The van der Waals surface area contributed by atoms with Crippen molar-refractivity contribution in [2.24, 2.45) is 0 Å². The van der Waals surface area contributed by atoms with Crippen molar-refractivity contribution in [2.45, 2.75) is 6.54 Å². The Bertz CT molecular complexity index is 658. The highest BCUT2D eigenvalue weighted by molar-refractivity contribution is 5.95. The SMILES string of the molecule is COc1cccc(C[NH2+]CCNC(=O)c2nonc2N)c1OC. The number of nitrogens with two attached hydrogens (primary N) is 2. The number of nitrogens with one attached hydrogen (secondary N) is 1. The van der Waals surface area contributed by atoms with Crippen LogP contribution in [0, 0.1) is 0 Å². The van der Waals surface area contributed by atoms with Crippen LogP contribution in [0.4, 0.5) is 5.82 Å². The van der Waals surface area contributed by atoms with Gasteiger partial charge in [0.2, 0.25) is 11.5 Å². The van der Waals surface area contributed by atoms with Crippen molar-refractivity contribution in [1.82, 2.24) is 15.6 Å². The number of hydrogen-bond donors (Lipinski definition) is 3. The normalized spacial score (nSPS) is 10.3. The molecule has 1 heterocycles. The van der Waals surface area contributed by atoms with Gasteiger partial charge in [-0.25, -0.2) is 4.63 Å². The third-order valence-corrected chi connectivity index (χ3v) is 3.21. The van der Waals surface area contributed by atoms with Gasteiger partial charge in [-0.15, -0.1) is 0 Å². The van der Waals surface area contributed by atoms with Crippen LogP contribution in [0.5, 0.6) is 11.5 Å². The molecule has 0 aliphatic rings. The molecule has 0 saturated carbocycles. The summed E-state index contributed by atoms with van der Waals surface area (Å²) in [5, 5.41) is 11.5. The van der Waals surface area contributed by atoms with Crippen LogP contribution < -0.4 is 25.8 Å². The first-order chi connectivity index (χ1) is 11.2. The van der Waals surface area contributed by atoms with Crippen molar-refractivity contribution in [3.8, 4) is 11.5 Å². The van der Waals surface area contributed by atoms with E-state index in [9.17, 15) is 4.79 Å². The largest absolute Gasteiger partial charge is 0.493 e. The lowest BCUT2D eigenvalue weighted by molar-refractivity contribution is -0.668. The molecule has 0 spiro atoms. The minimum atomic E-state index is -0.406. The lowest BCUT2D eigenvalue weighted by Gasteiger charge is -2.11. The van der Waals surface area contributed by atoms with Gasteiger partial charge in [-0.3, -0.25) is 4.79 Å². The fourth-order valence-corrected chi connectivity index (χ4v) is 2.10. The van der Waals surface area contributed by atoms with Gasteiger partial charge >= 0.3 is 0 Å². The highest BCUT2D eigenvalue weighted by Crippen LogP contribution is 2.29. The fraction of sp³-hybridized carbons (Fsp3) is 0.357. The maximum absolute atomic E-state index is 11.7. The van der Waals surface area contributed by atoms with E-state index in [4.69, 9.17) is 15.2 Å². The molecular formula is C14H20N5O4+. The van der Waals surface area contributed by atoms with Gasteiger partial charge in [0, 0.05) is 0 Å². The highest BCUT2D eigenvalue weighted by atomic mass is 16.6. The molecule has 1 amide bonds. The molecule has 9 heteroatoms. The van der Waals surface area contributed by atoms with Crippen molar-refractivity contribution in [2.75, 3.05) is 33.0 Å². The van der Waals surface area contributed by atoms with E-state index >= 15 is 0 Å². The number of aromatic nitrogens is 2. The molecule has 0 bridgehead atoms. The second-order valence-electron chi connectivity index (χ2n) is 4.69. The topological polar surface area (TPSA) is 129 Å². The summed E-state index contributed by atoms with van der Waals surface area (Å²) in [7, 11) is 3.21. The van der Waals surface area contributed by atoms with E-state index in [1.54, 1.807) is 14.2 Å². The Morgan fingerprint density at radius 2 is 2.17 bits per heavy atom. The molecule has 0 fully saturated rings. The Labute approximate surface area is 133 Å². The number of ether oxygens (including phenoxy) is 2. The lowest BCUT2D eigenvalue weighted by atomic mass is 10.2. The van der Waals surface area contributed by atoms with Crippen LogP contribution in [0.15, 0.2) is 22.8 Å². The minimum Gasteiger partial charge on any atom is -0.493 e. The van der Waals surface area contributed by atoms with Gasteiger partial charge in [-0.1, -0.05) is 6.07 Å². The summed E-state index contributed by atoms with van der Waals surface area (Å²) in [6, 6.07) is 5.73. The van der Waals surface area contributed by atoms with Crippen LogP contribution in [0.3, 0.4) is 0 Å². The quantitative estimate of drug-likeness (QED) is 0.540. The zero-order valence-electron chi connectivity index (χ0n) is 13.0. The Balaban J connectivity index is 1.78. The van der Waals surface area contributed by atoms with Gasteiger partial charge in [0.25, 0.3) is 5.91 Å². The monoisotopic (exact) mass is 322 g/mol. The first kappa shape index (κ1) is 16.6. The molecule has 2 rings (SSSR count). The standard InChI is InChI=1S/C14H19N5O4/c1-21-10-5-3-4-9(12(10)22-2)8-16-6-7-17-14(20)11-13(15)19-23-18-11/h3-5,16H,6-8H2,1-2H3,(H2,15,19)(H,17,20)/p+1. The van der Waals surface area contributed by atoms with Gasteiger partial charge in [-0.2, -0.15) is 0 Å². The van der Waals surface area contributed by atoms with E-state index in [2.05, 4.69) is 20.3 Å². The number of anilines is 1. The summed E-state index contributed by atoms with van der Waals surface area (Å²) < 4.78 is 15.0. The van der Waals surface area contributed by atoms with E-state index in [1.165, 1.54) is 0 Å². The van der Waals surface area contributed by atoms with Crippen LogP contribution in [0.25, 0.3) is 0 Å². The number of methoxy groups -OCH3 is 2. The molecule has 0 saturated heterocycles. The summed E-state index contributed by atoms with van der Waals surface area (Å²) in [5.41, 5.74) is 6.46. The first-order valence-corrected chi connectivity index (χ1v) is 7.05. The fourth-order valence-electron chi connectivity index (χ4n) is 2.10. The van der Waals surface area contributed by atoms with Gasteiger partial charge < -0.3 is 25.8 Å². The van der Waals surface area contributed by atoms with Crippen molar-refractivity contribution in [3.05, 3.63) is 29.5 Å². The second-order valence-corrected chi connectivity index (χ2v) is 4.69. The first-order valence-electron chi connectivity index (χ1n) is 7.05. The van der Waals surface area contributed by atoms with Crippen LogP contribution in [-0.4, -0.2) is 43.5 Å². The number of nitrogen functional groups attached to an aromatic ring is 1. The molecular weight excluding hydrogens is 302 g/mol. The summed E-state index contributed by atoms with van der Waals surface area (Å²) in [6.07, 6.45) is 0. The van der Waals surface area contributed by atoms with Crippen molar-refractivity contribution in [1.29, 1.82) is 0 Å². The maximum atomic E-state index is 11.7. The average Bonchev–Trinajstić information content (AvgIpc) is 3.00. The van der Waals surface area contributed by atoms with Crippen LogP contribution in [0.2, 0.25) is 0 Å². The third kappa shape index (κ3) is 4.10. The number of carbonyl (C=O) groups is 1. The molecule has 9 nitrogen and oxygen atoms in total. The molecule has 0 atom stereocenters. The number of nitrogens with zero attached hydrogens (tertiary/aromatic N) is 2. The van der Waals surface area contributed by atoms with Crippen molar-refractivity contribution in [3.63, 3.8) is 0 Å². The molecule has 124 valence electrons. The molecule has 0 aliphatic heterocycles. The molecule has 0 radical (unpaired) electrons. The average molecular weight is 322 g/mol. The number of benzene rings is 1. The van der Waals surface area contributed by atoms with Crippen molar-refractivity contribution < 1.29 is 24.2 Å². The van der Waals surface area contributed by atoms with Crippen LogP contribution >= 0.6 is 0 Å². The lowest BCUT2D eigenvalue weighted by Crippen LogP contribution is -2.84. The maximum Gasteiger partial charge on any atom is 0.277 e. The predicted octanol–water partition coefficient (Wildman–Crippen LogP) is -0.838. The Hall–Kier alpha value is -2.81. The summed E-state index contributed by atoms with van der Waals surface area (Å²) >= 11 is 0. The molecule has 23 heavy (non-hydrogen) atoms. The zero-order valence-corrected chi connectivity index (χ0v) is 13.0. The van der Waals surface area contributed by atoms with E-state index in [0.717, 1.165) is 11.3 Å². The zero-order chi connectivity index (χ0) is 16.7. The Morgan fingerprint density at radius 3 is 2.83 bits per heavy atom. The number of carbonyl (C=O) groups excluding carboxylic acids is 1. The number of amides is 1. The molecule has 2 aromatic rings. The molecule has 0 unspecified atom stereocenters. The summed E-state index contributed by atoms with van der Waals surface area (Å²) in [6.45, 7) is 1.83. The number of para-hydroxylation sites is 1. The molecule has 5 N–H and O–H groups in total. The number of quaternary nitrogens is 1. The van der Waals surface area contributed by atoms with Gasteiger partial charge in [0.05, 0.1) is 32.9 Å². The van der Waals surface area contributed by atoms with Gasteiger partial charge in [0.1, 0.15) is 6.54 Å². The molecule has 1 aromatic heterocycles. The Kier molecular flexibility index (Phi) is 5.75. The third-order valence-electron chi connectivity index (χ3n) is 3.21. The Morgan fingerprint density at radius 1 is 1.35 bits per heavy atom. The number of rotatable bonds is 8. The number of hydrogen-bond acceptors (Lipinski definition) is 7. The van der Waals surface area contributed by atoms with E-state index < -0.39 is 5.91 Å². The summed E-state index contributed by atoms with van der Waals surface area (Å²) in [4.78, 5) is 11.7. The van der Waals surface area contributed by atoms with E-state index in [0.29, 0.717) is 25.4 Å². The van der Waals surface area contributed by atoms with Gasteiger partial charge in [-0.05, 0) is 22.4 Å². The van der Waals surface area contributed by atoms with Crippen molar-refractivity contribution >= 4 is 11.7 Å². The van der Waals surface area contributed by atoms with Gasteiger partial charge in [0.15, 0.2) is 11.5 Å². The summed E-state index contributed by atoms with van der Waals surface area (Å²) in [5.74, 6) is 0.987. The van der Waals surface area contributed by atoms with E-state index in [-0.39, 0.29) is 11.5 Å².